The molecule has 2 spiro atoms. The van der Waals surface area contributed by atoms with E-state index in [0.29, 0.717) is 16.9 Å². The Kier molecular flexibility index (Phi) is 5.04. The van der Waals surface area contributed by atoms with Crippen LogP contribution in [0, 0.1) is 5.82 Å². The number of fused-ring (bicyclic) bond motifs is 11. The number of carbonyl (C=O) groups is 4. The van der Waals surface area contributed by atoms with Crippen LogP contribution in [0.15, 0.2) is 42.5 Å². The number of nitrogens with zero attached hydrogens (tertiary/aromatic N) is 4. The molecule has 4 N–H and O–H groups in total. The second kappa shape index (κ2) is 8.13. The Bertz CT molecular complexity index is 1950. The minimum absolute atomic E-state index is 0.242. The van der Waals surface area contributed by atoms with Gasteiger partial charge in [0.1, 0.15) is 30.4 Å². The molecule has 0 aromatic heterocycles. The molecule has 1 unspecified atom stereocenters. The van der Waals surface area contributed by atoms with Gasteiger partial charge in [-0.2, -0.15) is 0 Å². The van der Waals surface area contributed by atoms with E-state index < -0.39 is 84.3 Å². The molecule has 2 aromatic rings. The van der Waals surface area contributed by atoms with E-state index in [1.165, 1.54) is 73.5 Å². The number of likely N-dealkylation sites (N-methyl/N-ethyl adjacent to an activating group) is 2. The first-order chi connectivity index (χ1) is 22.2. The average molecular weight is 715 g/mol. The number of halogens is 1. The van der Waals surface area contributed by atoms with Crippen LogP contribution >= 0.6 is 43.2 Å². The largest absolute Gasteiger partial charge is 0.388 e. The normalized spacial score (nSPS) is 46.3. The van der Waals surface area contributed by atoms with Crippen molar-refractivity contribution in [2.24, 2.45) is 0 Å². The van der Waals surface area contributed by atoms with Crippen LogP contribution < -0.4 is 10.6 Å². The Morgan fingerprint density at radius 3 is 1.68 bits per heavy atom. The lowest BCUT2D eigenvalue weighted by atomic mass is 9.52. The number of benzene rings is 2. The second-order valence-electron chi connectivity index (χ2n) is 13.6. The first-order valence-electron chi connectivity index (χ1n) is 15.0. The molecule has 0 radical (unpaired) electrons. The second-order valence-corrected chi connectivity index (χ2v) is 19.1. The Morgan fingerprint density at radius 2 is 1.15 bits per heavy atom. The molecular formula is C30H27FN6O6S4. The smallest absolute Gasteiger partial charge is 0.264 e. The number of nitrogens with one attached hydrogen (secondary N) is 2. The van der Waals surface area contributed by atoms with E-state index >= 15 is 4.39 Å². The van der Waals surface area contributed by atoms with Crippen LogP contribution in [0.5, 0.6) is 0 Å². The highest BCUT2D eigenvalue weighted by Crippen LogP contribution is 2.78. The Balaban J connectivity index is 1.36. The average Bonchev–Trinajstić information content (AvgIpc) is 3.70. The van der Waals surface area contributed by atoms with Gasteiger partial charge in [-0.1, -0.05) is 39.8 Å². The van der Waals surface area contributed by atoms with E-state index in [1.54, 1.807) is 38.1 Å². The monoisotopic (exact) mass is 714 g/mol. The van der Waals surface area contributed by atoms with Crippen molar-refractivity contribution in [1.82, 2.24) is 19.6 Å². The van der Waals surface area contributed by atoms with Gasteiger partial charge in [0.05, 0.1) is 10.8 Å². The standard InChI is InChI=1S/C30H27FN6O6S4/c1-25-21(40)36-19-27(13-7-5-6-8-15(13)32-19,17(38)29(36,46-44-25)23(42)34(25)3)28-14-11-12(31)9-10-16(14)33-20(28)37-22(41)26(2)35(4)24(43)30(37,18(28)39)47-45-26/h5-11,17-20,32-33,38-39H,1-4H3/t17-,18-,19+,20+,25-,26-,27?,28+,29-,30-/m0/s1. The molecule has 10 heterocycles. The maximum atomic E-state index is 15.6. The molecule has 4 amide bonds. The van der Waals surface area contributed by atoms with E-state index in [1.807, 2.05) is 0 Å². The molecule has 0 aliphatic carbocycles. The number of aliphatic hydroxyl groups is 2. The van der Waals surface area contributed by atoms with Crippen LogP contribution in [-0.4, -0.2) is 112 Å². The third-order valence-electron chi connectivity index (χ3n) is 12.2. The van der Waals surface area contributed by atoms with Gasteiger partial charge in [0.15, 0.2) is 9.74 Å². The van der Waals surface area contributed by atoms with Gasteiger partial charge in [-0.15, -0.1) is 0 Å². The first kappa shape index (κ1) is 29.1. The minimum atomic E-state index is -1.88. The van der Waals surface area contributed by atoms with Crippen molar-refractivity contribution < 1.29 is 33.8 Å². The van der Waals surface area contributed by atoms with Gasteiger partial charge >= 0.3 is 0 Å². The molecule has 0 saturated carbocycles. The Hall–Kier alpha value is -2.83. The zero-order chi connectivity index (χ0) is 33.0. The molecule has 12 nitrogen and oxygen atoms in total. The summed E-state index contributed by atoms with van der Waals surface area (Å²) in [5.74, 6) is -2.48. The topological polar surface area (TPSA) is 146 Å². The van der Waals surface area contributed by atoms with E-state index in [9.17, 15) is 29.4 Å². The van der Waals surface area contributed by atoms with E-state index in [2.05, 4.69) is 10.6 Å². The van der Waals surface area contributed by atoms with Crippen molar-refractivity contribution in [2.45, 2.75) is 68.7 Å². The number of piperazine rings is 2. The summed E-state index contributed by atoms with van der Waals surface area (Å²) < 4.78 is 15.6. The van der Waals surface area contributed by atoms with Crippen LogP contribution in [0.25, 0.3) is 0 Å². The van der Waals surface area contributed by atoms with Crippen molar-refractivity contribution in [1.29, 1.82) is 0 Å². The highest BCUT2D eigenvalue weighted by Gasteiger charge is 2.92. The van der Waals surface area contributed by atoms with Crippen molar-refractivity contribution in [3.05, 3.63) is 59.4 Å². The molecule has 12 rings (SSSR count). The number of carbonyl (C=O) groups excluding carboxylic acids is 4. The molecule has 8 saturated heterocycles. The molecule has 4 bridgehead atoms. The number of aliphatic hydroxyl groups excluding tert-OH is 2. The highest BCUT2D eigenvalue weighted by atomic mass is 33.1. The molecule has 10 atom stereocenters. The summed E-state index contributed by atoms with van der Waals surface area (Å²) in [4.78, 5) is 57.5. The van der Waals surface area contributed by atoms with Crippen LogP contribution in [0.1, 0.15) is 25.0 Å². The van der Waals surface area contributed by atoms with Gasteiger partial charge in [0.25, 0.3) is 23.6 Å². The fraction of sp³-hybridized carbons (Fsp3) is 0.467. The molecule has 244 valence electrons. The zero-order valence-corrected chi connectivity index (χ0v) is 28.4. The van der Waals surface area contributed by atoms with Gasteiger partial charge < -0.3 is 30.6 Å². The fourth-order valence-electron chi connectivity index (χ4n) is 9.81. The maximum Gasteiger partial charge on any atom is 0.264 e. The number of rotatable bonds is 1. The van der Waals surface area contributed by atoms with Gasteiger partial charge in [-0.05, 0) is 70.8 Å². The lowest BCUT2D eigenvalue weighted by Crippen LogP contribution is -2.77. The predicted octanol–water partition coefficient (Wildman–Crippen LogP) is 1.47. The Labute approximate surface area is 283 Å². The van der Waals surface area contributed by atoms with Crippen molar-refractivity contribution in [3.63, 3.8) is 0 Å². The quantitative estimate of drug-likeness (QED) is 0.318. The zero-order valence-electron chi connectivity index (χ0n) is 25.2. The van der Waals surface area contributed by atoms with E-state index in [4.69, 9.17) is 0 Å². The van der Waals surface area contributed by atoms with Gasteiger partial charge in [0, 0.05) is 25.5 Å². The lowest BCUT2D eigenvalue weighted by molar-refractivity contribution is -0.166. The maximum absolute atomic E-state index is 15.6. The molecular weight excluding hydrogens is 688 g/mol. The van der Waals surface area contributed by atoms with Crippen molar-refractivity contribution in [3.8, 4) is 0 Å². The van der Waals surface area contributed by atoms with Crippen LogP contribution in [0.4, 0.5) is 15.8 Å². The molecule has 8 fully saturated rings. The number of para-hydroxylation sites is 1. The third kappa shape index (κ3) is 2.47. The van der Waals surface area contributed by atoms with E-state index in [-0.39, 0.29) is 5.56 Å². The summed E-state index contributed by atoms with van der Waals surface area (Å²) in [5, 5.41) is 33.3. The molecule has 10 aliphatic rings. The first-order valence-corrected chi connectivity index (χ1v) is 19.3. The van der Waals surface area contributed by atoms with E-state index in [0.717, 1.165) is 21.6 Å². The van der Waals surface area contributed by atoms with Gasteiger partial charge in [-0.25, -0.2) is 4.39 Å². The molecule has 47 heavy (non-hydrogen) atoms. The summed E-state index contributed by atoms with van der Waals surface area (Å²) in [6.45, 7) is 3.31. The predicted molar refractivity (Wildman–Crippen MR) is 175 cm³/mol. The summed E-state index contributed by atoms with van der Waals surface area (Å²) in [7, 11) is 7.59. The summed E-state index contributed by atoms with van der Waals surface area (Å²) in [5.41, 5.74) is -2.00. The fourth-order valence-corrected chi connectivity index (χ4v) is 16.9. The summed E-state index contributed by atoms with van der Waals surface area (Å²) in [6.07, 6.45) is -5.81. The number of amides is 4. The van der Waals surface area contributed by atoms with Crippen LogP contribution in [0.3, 0.4) is 0 Å². The molecule has 2 aromatic carbocycles. The SMILES string of the molecule is CN1C(=O)[C@]23SS[C@@]1(C)C(=O)N2[C@H]1Nc2ccccc2C1([C@@]12c4cc(F)ccc4N[C@@H]1N1C(=O)[C@]4(C)SS[C@]1(C(=O)N4C)[C@H]2O)[C@@H]3O. The van der Waals surface area contributed by atoms with Crippen molar-refractivity contribution in [2.75, 3.05) is 24.7 Å². The lowest BCUT2D eigenvalue weighted by Gasteiger charge is -2.58. The minimum Gasteiger partial charge on any atom is -0.388 e. The molecule has 10 aliphatic heterocycles. The number of anilines is 2. The third-order valence-corrected chi connectivity index (χ3v) is 19.5. The number of hydrogen-bond acceptors (Lipinski definition) is 12. The summed E-state index contributed by atoms with van der Waals surface area (Å²) >= 11 is 0. The highest BCUT2D eigenvalue weighted by molar-refractivity contribution is 8.78. The number of hydrogen-bond donors (Lipinski definition) is 4. The van der Waals surface area contributed by atoms with Crippen LogP contribution in [-0.2, 0) is 30.0 Å². The molecule has 17 heteroatoms. The van der Waals surface area contributed by atoms with Crippen molar-refractivity contribution >= 4 is 78.2 Å². The van der Waals surface area contributed by atoms with Gasteiger partial charge in [-0.3, -0.25) is 29.0 Å². The Morgan fingerprint density at radius 1 is 0.681 bits per heavy atom. The van der Waals surface area contributed by atoms with Crippen LogP contribution in [0.2, 0.25) is 0 Å². The van der Waals surface area contributed by atoms with Gasteiger partial charge in [0.2, 0.25) is 9.74 Å². The summed E-state index contributed by atoms with van der Waals surface area (Å²) in [6, 6.07) is 11.2.